The molecule has 0 aliphatic rings. The number of halogens is 1. The minimum Gasteiger partial charge on any atom is -0.347 e. The van der Waals surface area contributed by atoms with Gasteiger partial charge in [-0.1, -0.05) is 26.0 Å². The molecule has 1 aromatic carbocycles. The minimum atomic E-state index is -0.523. The molecule has 0 bridgehead atoms. The van der Waals surface area contributed by atoms with E-state index in [-0.39, 0.29) is 24.2 Å². The number of hydrogen-bond donors (Lipinski definition) is 3. The van der Waals surface area contributed by atoms with Crippen LogP contribution in [-0.2, 0) is 9.59 Å². The van der Waals surface area contributed by atoms with Gasteiger partial charge >= 0.3 is 0 Å². The van der Waals surface area contributed by atoms with Crippen molar-refractivity contribution in [3.8, 4) is 10.4 Å². The van der Waals surface area contributed by atoms with Crippen molar-refractivity contribution in [1.29, 1.82) is 0 Å². The molecule has 2 aromatic rings. The fraction of sp³-hybridized carbons (Fsp3) is 0.278. The van der Waals surface area contributed by atoms with E-state index in [0.717, 1.165) is 10.4 Å². The van der Waals surface area contributed by atoms with Crippen LogP contribution in [0.15, 0.2) is 36.4 Å². The molecule has 138 valence electrons. The lowest BCUT2D eigenvalue weighted by Crippen LogP contribution is -2.46. The third kappa shape index (κ3) is 5.38. The van der Waals surface area contributed by atoms with Crippen LogP contribution in [0.25, 0.3) is 10.4 Å². The monoisotopic (exact) mass is 377 g/mol. The molecule has 0 aliphatic carbocycles. The minimum absolute atomic E-state index is 0.173. The van der Waals surface area contributed by atoms with Crippen molar-refractivity contribution in [1.82, 2.24) is 16.2 Å². The van der Waals surface area contributed by atoms with Crippen LogP contribution in [-0.4, -0.2) is 24.3 Å². The third-order valence-corrected chi connectivity index (χ3v) is 4.89. The summed E-state index contributed by atoms with van der Waals surface area (Å²) in [6.45, 7) is 3.44. The van der Waals surface area contributed by atoms with Gasteiger partial charge in [0, 0.05) is 10.8 Å². The summed E-state index contributed by atoms with van der Waals surface area (Å²) in [7, 11) is 0. The molecular weight excluding hydrogens is 357 g/mol. The number of thiophene rings is 1. The first-order chi connectivity index (χ1) is 12.4. The summed E-state index contributed by atoms with van der Waals surface area (Å²) in [5.74, 6) is -1.70. The maximum Gasteiger partial charge on any atom is 0.279 e. The molecule has 1 atom stereocenters. The summed E-state index contributed by atoms with van der Waals surface area (Å²) in [5.41, 5.74) is 5.35. The quantitative estimate of drug-likeness (QED) is 0.676. The van der Waals surface area contributed by atoms with Gasteiger partial charge in [-0.3, -0.25) is 25.2 Å². The highest BCUT2D eigenvalue weighted by molar-refractivity contribution is 7.17. The number of benzene rings is 1. The second kappa shape index (κ2) is 9.10. The Morgan fingerprint density at radius 1 is 1.08 bits per heavy atom. The molecular formula is C18H20FN3O3S. The largest absolute Gasteiger partial charge is 0.347 e. The zero-order chi connectivity index (χ0) is 19.1. The average Bonchev–Trinajstić information content (AvgIpc) is 3.14. The molecule has 0 aliphatic heterocycles. The van der Waals surface area contributed by atoms with Crippen molar-refractivity contribution in [2.75, 3.05) is 6.54 Å². The Labute approximate surface area is 154 Å². The maximum absolute atomic E-state index is 13.0. The Bertz CT molecular complexity index is 789. The lowest BCUT2D eigenvalue weighted by atomic mass is 10.1. The third-order valence-electron chi connectivity index (χ3n) is 3.76. The summed E-state index contributed by atoms with van der Waals surface area (Å²) in [6, 6.07) is 9.33. The number of carbonyl (C=O) groups excluding carboxylic acids is 3. The van der Waals surface area contributed by atoms with Gasteiger partial charge in [0.1, 0.15) is 5.82 Å². The van der Waals surface area contributed by atoms with E-state index in [1.54, 1.807) is 31.2 Å². The van der Waals surface area contributed by atoms with E-state index in [4.69, 9.17) is 0 Å². The molecule has 0 radical (unpaired) electrons. The molecule has 1 aromatic heterocycles. The summed E-state index contributed by atoms with van der Waals surface area (Å²) in [5, 5.41) is 2.50. The van der Waals surface area contributed by atoms with E-state index in [1.165, 1.54) is 23.5 Å². The van der Waals surface area contributed by atoms with E-state index in [9.17, 15) is 18.8 Å². The zero-order valence-electron chi connectivity index (χ0n) is 14.5. The summed E-state index contributed by atoms with van der Waals surface area (Å²) >= 11 is 1.22. The van der Waals surface area contributed by atoms with Gasteiger partial charge in [-0.25, -0.2) is 4.39 Å². The SMILES string of the molecule is CCC(C)C(=O)NCC(=O)NNC(=O)c1ccc(-c2ccc(F)cc2)s1. The van der Waals surface area contributed by atoms with Crippen LogP contribution >= 0.6 is 11.3 Å². The molecule has 8 heteroatoms. The topological polar surface area (TPSA) is 87.3 Å². The number of carbonyl (C=O) groups is 3. The van der Waals surface area contributed by atoms with E-state index in [2.05, 4.69) is 16.2 Å². The standard InChI is InChI=1S/C18H20FN3O3S/c1-3-11(2)17(24)20-10-16(23)21-22-18(25)15-9-8-14(26-15)12-4-6-13(19)7-5-12/h4-9,11H,3,10H2,1-2H3,(H,20,24)(H,21,23)(H,22,25). The number of nitrogens with one attached hydrogen (secondary N) is 3. The Balaban J connectivity index is 1.84. The van der Waals surface area contributed by atoms with Gasteiger partial charge < -0.3 is 5.32 Å². The average molecular weight is 377 g/mol. The predicted octanol–water partition coefficient (Wildman–Crippen LogP) is 2.48. The van der Waals surface area contributed by atoms with Crippen LogP contribution in [0.4, 0.5) is 4.39 Å². The van der Waals surface area contributed by atoms with Gasteiger partial charge in [0.15, 0.2) is 0 Å². The second-order valence-electron chi connectivity index (χ2n) is 5.70. The second-order valence-corrected chi connectivity index (χ2v) is 6.78. The number of amides is 3. The van der Waals surface area contributed by atoms with E-state index >= 15 is 0 Å². The Kier molecular flexibility index (Phi) is 6.85. The van der Waals surface area contributed by atoms with Gasteiger partial charge in [0.2, 0.25) is 5.91 Å². The van der Waals surface area contributed by atoms with Crippen LogP contribution in [0.1, 0.15) is 29.9 Å². The van der Waals surface area contributed by atoms with Crippen LogP contribution in [0.5, 0.6) is 0 Å². The fourth-order valence-corrected chi connectivity index (χ4v) is 2.90. The van der Waals surface area contributed by atoms with Gasteiger partial charge in [0.25, 0.3) is 11.8 Å². The molecule has 26 heavy (non-hydrogen) atoms. The van der Waals surface area contributed by atoms with Crippen LogP contribution in [0, 0.1) is 11.7 Å². The first-order valence-corrected chi connectivity index (χ1v) is 8.95. The van der Waals surface area contributed by atoms with Crippen molar-refractivity contribution in [3.05, 3.63) is 47.1 Å². The number of hydrogen-bond acceptors (Lipinski definition) is 4. The molecule has 3 amide bonds. The van der Waals surface area contributed by atoms with Gasteiger partial charge in [-0.05, 0) is 36.2 Å². The van der Waals surface area contributed by atoms with Gasteiger partial charge in [-0.15, -0.1) is 11.3 Å². The van der Waals surface area contributed by atoms with E-state index in [1.807, 2.05) is 6.92 Å². The number of rotatable bonds is 6. The van der Waals surface area contributed by atoms with Crippen molar-refractivity contribution >= 4 is 29.1 Å². The molecule has 0 fully saturated rings. The van der Waals surface area contributed by atoms with Crippen molar-refractivity contribution < 1.29 is 18.8 Å². The molecule has 1 unspecified atom stereocenters. The van der Waals surface area contributed by atoms with E-state index < -0.39 is 11.8 Å². The van der Waals surface area contributed by atoms with Crippen molar-refractivity contribution in [2.45, 2.75) is 20.3 Å². The van der Waals surface area contributed by atoms with Gasteiger partial charge in [-0.2, -0.15) is 0 Å². The summed E-state index contributed by atoms with van der Waals surface area (Å²) < 4.78 is 13.0. The summed E-state index contributed by atoms with van der Waals surface area (Å²) in [4.78, 5) is 36.6. The highest BCUT2D eigenvalue weighted by Gasteiger charge is 2.13. The first kappa shape index (κ1) is 19.6. The Hall–Kier alpha value is -2.74. The Morgan fingerprint density at radius 2 is 1.77 bits per heavy atom. The molecule has 2 rings (SSSR count). The van der Waals surface area contributed by atoms with Gasteiger partial charge in [0.05, 0.1) is 11.4 Å². The Morgan fingerprint density at radius 3 is 2.42 bits per heavy atom. The zero-order valence-corrected chi connectivity index (χ0v) is 15.3. The van der Waals surface area contributed by atoms with Crippen LogP contribution < -0.4 is 16.2 Å². The van der Waals surface area contributed by atoms with Crippen molar-refractivity contribution in [3.63, 3.8) is 0 Å². The van der Waals surface area contributed by atoms with E-state index in [0.29, 0.717) is 11.3 Å². The molecule has 0 saturated heterocycles. The number of hydrazine groups is 1. The maximum atomic E-state index is 13.0. The molecule has 0 saturated carbocycles. The van der Waals surface area contributed by atoms with Crippen LogP contribution in [0.2, 0.25) is 0 Å². The molecule has 3 N–H and O–H groups in total. The molecule has 0 spiro atoms. The molecule has 1 heterocycles. The van der Waals surface area contributed by atoms with Crippen LogP contribution in [0.3, 0.4) is 0 Å². The first-order valence-electron chi connectivity index (χ1n) is 8.13. The lowest BCUT2D eigenvalue weighted by Gasteiger charge is -2.10. The lowest BCUT2D eigenvalue weighted by molar-refractivity contribution is -0.128. The fourth-order valence-electron chi connectivity index (χ4n) is 1.99. The summed E-state index contributed by atoms with van der Waals surface area (Å²) in [6.07, 6.45) is 0.680. The smallest absolute Gasteiger partial charge is 0.279 e. The highest BCUT2D eigenvalue weighted by Crippen LogP contribution is 2.28. The predicted molar refractivity (Wildman–Crippen MR) is 97.8 cm³/mol. The molecule has 6 nitrogen and oxygen atoms in total. The normalized spacial score (nSPS) is 11.5. The van der Waals surface area contributed by atoms with Crippen molar-refractivity contribution in [2.24, 2.45) is 5.92 Å². The highest BCUT2D eigenvalue weighted by atomic mass is 32.1.